The highest BCUT2D eigenvalue weighted by atomic mass is 16.1. The van der Waals surface area contributed by atoms with Crippen molar-refractivity contribution in [2.45, 2.75) is 25.8 Å². The van der Waals surface area contributed by atoms with Crippen molar-refractivity contribution in [3.05, 3.63) is 95.7 Å². The Morgan fingerprint density at radius 1 is 1.00 bits per heavy atom. The summed E-state index contributed by atoms with van der Waals surface area (Å²) in [5.74, 6) is 0.629. The summed E-state index contributed by atoms with van der Waals surface area (Å²) in [7, 11) is 0. The minimum absolute atomic E-state index is 0.0686. The lowest BCUT2D eigenvalue weighted by Gasteiger charge is -2.15. The maximum Gasteiger partial charge on any atom is 0.251 e. The first-order valence-corrected chi connectivity index (χ1v) is 9.32. The second-order valence-corrected chi connectivity index (χ2v) is 6.55. The monoisotopic (exact) mass is 359 g/mol. The van der Waals surface area contributed by atoms with Crippen molar-refractivity contribution in [3.8, 4) is 0 Å². The average Bonchev–Trinajstić information content (AvgIpc) is 2.72. The van der Waals surface area contributed by atoms with Crippen molar-refractivity contribution in [2.75, 3.05) is 11.9 Å². The minimum Gasteiger partial charge on any atom is -0.364 e. The molecule has 1 atom stereocenters. The molecule has 4 heteroatoms. The van der Waals surface area contributed by atoms with E-state index in [4.69, 9.17) is 0 Å². The molecule has 1 unspecified atom stereocenters. The topological polar surface area (TPSA) is 54.0 Å². The molecule has 27 heavy (non-hydrogen) atoms. The van der Waals surface area contributed by atoms with E-state index >= 15 is 0 Å². The molecule has 1 amide bonds. The molecule has 0 radical (unpaired) electrons. The lowest BCUT2D eigenvalue weighted by molar-refractivity contribution is 0.0953. The summed E-state index contributed by atoms with van der Waals surface area (Å²) in [6.07, 6.45) is 3.54. The van der Waals surface area contributed by atoms with Crippen LogP contribution in [0.2, 0.25) is 0 Å². The number of hydrogen-bond acceptors (Lipinski definition) is 3. The fourth-order valence-electron chi connectivity index (χ4n) is 2.94. The van der Waals surface area contributed by atoms with Crippen LogP contribution in [0, 0.1) is 0 Å². The molecule has 3 aromatic rings. The number of aromatic nitrogens is 1. The van der Waals surface area contributed by atoms with Crippen LogP contribution < -0.4 is 10.6 Å². The van der Waals surface area contributed by atoms with Crippen LogP contribution in [0.3, 0.4) is 0 Å². The quantitative estimate of drug-likeness (QED) is 0.577. The molecule has 4 nitrogen and oxygen atoms in total. The predicted octanol–water partition coefficient (Wildman–Crippen LogP) is 4.62. The number of benzene rings is 2. The Morgan fingerprint density at radius 3 is 2.44 bits per heavy atom. The summed E-state index contributed by atoms with van der Waals surface area (Å²) in [5.41, 5.74) is 3.08. The number of aryl methyl sites for hydroxylation is 1. The Bertz CT molecular complexity index is 850. The highest BCUT2D eigenvalue weighted by Gasteiger charge is 2.09. The van der Waals surface area contributed by atoms with Gasteiger partial charge in [-0.25, -0.2) is 4.98 Å². The Balaban J connectivity index is 1.51. The average molecular weight is 359 g/mol. The molecule has 0 aliphatic carbocycles. The highest BCUT2D eigenvalue weighted by molar-refractivity contribution is 5.94. The van der Waals surface area contributed by atoms with Gasteiger partial charge in [0.1, 0.15) is 5.82 Å². The maximum absolute atomic E-state index is 12.4. The number of carbonyl (C=O) groups is 1. The van der Waals surface area contributed by atoms with Crippen LogP contribution in [-0.4, -0.2) is 17.4 Å². The molecule has 1 heterocycles. The van der Waals surface area contributed by atoms with Crippen molar-refractivity contribution in [1.29, 1.82) is 0 Å². The number of nitrogens with zero attached hydrogens (tertiary/aromatic N) is 1. The SMILES string of the molecule is CC(Nc1cc(C(=O)NCCCc2ccccc2)ccn1)c1ccccc1. The number of rotatable bonds is 8. The lowest BCUT2D eigenvalue weighted by Crippen LogP contribution is -2.25. The molecule has 0 aliphatic rings. The van der Waals surface area contributed by atoms with Crippen LogP contribution in [0.4, 0.5) is 5.82 Å². The van der Waals surface area contributed by atoms with Crippen molar-refractivity contribution in [1.82, 2.24) is 10.3 Å². The van der Waals surface area contributed by atoms with Gasteiger partial charge in [0.05, 0.1) is 0 Å². The van der Waals surface area contributed by atoms with E-state index in [1.807, 2.05) is 36.4 Å². The molecule has 0 saturated heterocycles. The third-order valence-electron chi connectivity index (χ3n) is 4.46. The van der Waals surface area contributed by atoms with Gasteiger partial charge < -0.3 is 10.6 Å². The molecule has 0 fully saturated rings. The van der Waals surface area contributed by atoms with Crippen LogP contribution in [0.15, 0.2) is 79.0 Å². The third kappa shape index (κ3) is 5.68. The fraction of sp³-hybridized carbons (Fsp3) is 0.217. The van der Waals surface area contributed by atoms with Gasteiger partial charge in [0.25, 0.3) is 5.91 Å². The van der Waals surface area contributed by atoms with E-state index in [-0.39, 0.29) is 11.9 Å². The molecule has 138 valence electrons. The van der Waals surface area contributed by atoms with Crippen LogP contribution in [0.5, 0.6) is 0 Å². The smallest absolute Gasteiger partial charge is 0.251 e. The highest BCUT2D eigenvalue weighted by Crippen LogP contribution is 2.18. The summed E-state index contributed by atoms with van der Waals surface area (Å²) in [6, 6.07) is 24.1. The van der Waals surface area contributed by atoms with Crippen LogP contribution in [0.25, 0.3) is 0 Å². The van der Waals surface area contributed by atoms with E-state index in [9.17, 15) is 4.79 Å². The van der Waals surface area contributed by atoms with Crippen molar-refractivity contribution < 1.29 is 4.79 Å². The summed E-state index contributed by atoms with van der Waals surface area (Å²) in [5, 5.41) is 6.34. The fourth-order valence-corrected chi connectivity index (χ4v) is 2.94. The number of anilines is 1. The Kier molecular flexibility index (Phi) is 6.58. The second-order valence-electron chi connectivity index (χ2n) is 6.55. The van der Waals surface area contributed by atoms with Crippen LogP contribution in [-0.2, 0) is 6.42 Å². The molecule has 0 bridgehead atoms. The van der Waals surface area contributed by atoms with Gasteiger partial charge in [-0.1, -0.05) is 60.7 Å². The van der Waals surface area contributed by atoms with E-state index < -0.39 is 0 Å². The van der Waals surface area contributed by atoms with Gasteiger partial charge in [0.2, 0.25) is 0 Å². The van der Waals surface area contributed by atoms with E-state index in [0.717, 1.165) is 12.8 Å². The number of hydrogen-bond donors (Lipinski definition) is 2. The maximum atomic E-state index is 12.4. The lowest BCUT2D eigenvalue weighted by atomic mass is 10.1. The number of amides is 1. The number of nitrogens with one attached hydrogen (secondary N) is 2. The normalized spacial score (nSPS) is 11.6. The van der Waals surface area contributed by atoms with Crippen molar-refractivity contribution in [2.24, 2.45) is 0 Å². The first-order chi connectivity index (χ1) is 13.2. The van der Waals surface area contributed by atoms with Gasteiger partial charge >= 0.3 is 0 Å². The first-order valence-electron chi connectivity index (χ1n) is 9.32. The molecule has 2 aromatic carbocycles. The van der Waals surface area contributed by atoms with Crippen molar-refractivity contribution in [3.63, 3.8) is 0 Å². The largest absolute Gasteiger partial charge is 0.364 e. The van der Waals surface area contributed by atoms with E-state index in [2.05, 4.69) is 46.8 Å². The molecular weight excluding hydrogens is 334 g/mol. The molecule has 0 aliphatic heterocycles. The van der Waals surface area contributed by atoms with Crippen LogP contribution in [0.1, 0.15) is 40.9 Å². The van der Waals surface area contributed by atoms with Gasteiger partial charge in [-0.2, -0.15) is 0 Å². The zero-order chi connectivity index (χ0) is 18.9. The summed E-state index contributed by atoms with van der Waals surface area (Å²) >= 11 is 0. The summed E-state index contributed by atoms with van der Waals surface area (Å²) in [4.78, 5) is 16.7. The molecule has 2 N–H and O–H groups in total. The number of pyridine rings is 1. The predicted molar refractivity (Wildman–Crippen MR) is 110 cm³/mol. The number of carbonyl (C=O) groups excluding carboxylic acids is 1. The van der Waals surface area contributed by atoms with E-state index in [0.29, 0.717) is 17.9 Å². The van der Waals surface area contributed by atoms with Gasteiger partial charge in [-0.15, -0.1) is 0 Å². The molecule has 0 spiro atoms. The van der Waals surface area contributed by atoms with Gasteiger partial charge in [0, 0.05) is 24.3 Å². The standard InChI is InChI=1S/C23H25N3O/c1-18(20-12-6-3-7-13-20)26-22-17-21(14-16-24-22)23(27)25-15-8-11-19-9-4-2-5-10-19/h2-7,9-10,12-14,16-18H,8,11,15H2,1H3,(H,24,26)(H,25,27). The Morgan fingerprint density at radius 2 is 1.70 bits per heavy atom. The Hall–Kier alpha value is -3.14. The van der Waals surface area contributed by atoms with Gasteiger partial charge in [-0.05, 0) is 43.0 Å². The Labute approximate surface area is 160 Å². The molecule has 0 saturated carbocycles. The van der Waals surface area contributed by atoms with E-state index in [1.54, 1.807) is 18.3 Å². The van der Waals surface area contributed by atoms with Gasteiger partial charge in [0.15, 0.2) is 0 Å². The molecule has 3 rings (SSSR count). The zero-order valence-electron chi connectivity index (χ0n) is 15.6. The minimum atomic E-state index is -0.0686. The summed E-state index contributed by atoms with van der Waals surface area (Å²) in [6.45, 7) is 2.73. The van der Waals surface area contributed by atoms with Crippen molar-refractivity contribution >= 4 is 11.7 Å². The molecular formula is C23H25N3O. The third-order valence-corrected chi connectivity index (χ3v) is 4.46. The van der Waals surface area contributed by atoms with Gasteiger partial charge in [-0.3, -0.25) is 4.79 Å². The first kappa shape index (κ1) is 18.6. The van der Waals surface area contributed by atoms with Crippen LogP contribution >= 0.6 is 0 Å². The summed E-state index contributed by atoms with van der Waals surface area (Å²) < 4.78 is 0. The zero-order valence-corrected chi connectivity index (χ0v) is 15.6. The second kappa shape index (κ2) is 9.53. The van der Waals surface area contributed by atoms with E-state index in [1.165, 1.54) is 11.1 Å². The molecule has 1 aromatic heterocycles.